The van der Waals surface area contributed by atoms with Crippen molar-refractivity contribution in [2.24, 2.45) is 4.99 Å². The molecule has 0 amide bonds. The Morgan fingerprint density at radius 1 is 0.889 bits per heavy atom. The molecule has 0 saturated carbocycles. The first-order valence-electron chi connectivity index (χ1n) is 15.3. The first kappa shape index (κ1) is 32.3. The summed E-state index contributed by atoms with van der Waals surface area (Å²) in [4.78, 5) is 6.85. The zero-order valence-electron chi connectivity index (χ0n) is 24.3. The minimum Gasteiger partial charge on any atom is -0.513 e. The molecule has 4 nitrogen and oxygen atoms in total. The van der Waals surface area contributed by atoms with Crippen LogP contribution in [0.4, 0.5) is 0 Å². The molecule has 0 bridgehead atoms. The molecule has 0 aromatic heterocycles. The highest BCUT2D eigenvalue weighted by Crippen LogP contribution is 2.28. The van der Waals surface area contributed by atoms with Gasteiger partial charge in [-0.1, -0.05) is 116 Å². The van der Waals surface area contributed by atoms with Crippen molar-refractivity contribution in [1.82, 2.24) is 4.90 Å². The third kappa shape index (κ3) is 14.8. The maximum Gasteiger partial charge on any atom is 0.292 e. The van der Waals surface area contributed by atoms with Crippen LogP contribution in [0, 0.1) is 0 Å². The number of aliphatic imine (C=N–C) groups is 1. The summed E-state index contributed by atoms with van der Waals surface area (Å²) >= 11 is 0. The quantitative estimate of drug-likeness (QED) is 0.0909. The van der Waals surface area contributed by atoms with Crippen molar-refractivity contribution in [3.8, 4) is 0 Å². The molecule has 208 valence electrons. The second-order valence-corrected chi connectivity index (χ2v) is 10.7. The molecule has 4 heteroatoms. The number of rotatable bonds is 22. The summed E-state index contributed by atoms with van der Waals surface area (Å²) < 4.78 is 5.89. The van der Waals surface area contributed by atoms with Crippen LogP contribution in [0.3, 0.4) is 0 Å². The van der Waals surface area contributed by atoms with Crippen molar-refractivity contribution in [2.75, 3.05) is 13.1 Å². The first-order valence-corrected chi connectivity index (χ1v) is 15.3. The van der Waals surface area contributed by atoms with E-state index in [1.165, 1.54) is 83.5 Å². The molecule has 1 aliphatic rings. The molecule has 1 atom stereocenters. The van der Waals surface area contributed by atoms with Gasteiger partial charge < -0.3 is 14.7 Å². The van der Waals surface area contributed by atoms with E-state index >= 15 is 0 Å². The van der Waals surface area contributed by atoms with Gasteiger partial charge in [-0.05, 0) is 44.8 Å². The predicted molar refractivity (Wildman–Crippen MR) is 158 cm³/mol. The molecule has 0 aromatic rings. The van der Waals surface area contributed by atoms with Gasteiger partial charge in [-0.2, -0.15) is 0 Å². The van der Waals surface area contributed by atoms with Crippen LogP contribution in [-0.2, 0) is 4.74 Å². The van der Waals surface area contributed by atoms with E-state index in [0.29, 0.717) is 11.8 Å². The normalized spacial score (nSPS) is 16.3. The number of unbranched alkanes of at least 4 members (excludes halogenated alkanes) is 13. The van der Waals surface area contributed by atoms with Gasteiger partial charge in [0.1, 0.15) is 0 Å². The summed E-state index contributed by atoms with van der Waals surface area (Å²) in [6.07, 6.45) is 32.1. The minimum atomic E-state index is -0.106. The second-order valence-electron chi connectivity index (χ2n) is 10.7. The highest BCUT2D eigenvalue weighted by atomic mass is 16.5. The molecule has 1 aliphatic heterocycles. The Kier molecular flexibility index (Phi) is 19.2. The monoisotopic (exact) mass is 502 g/mol. The van der Waals surface area contributed by atoms with Gasteiger partial charge in [0.15, 0.2) is 0 Å². The number of hydrogen-bond acceptors (Lipinski definition) is 4. The molecule has 1 rings (SSSR count). The number of nitrogens with zero attached hydrogens (tertiary/aromatic N) is 2. The Balaban J connectivity index is 2.27. The topological polar surface area (TPSA) is 45.1 Å². The molecule has 1 heterocycles. The average molecular weight is 503 g/mol. The predicted octanol–water partition coefficient (Wildman–Crippen LogP) is 10.0. The van der Waals surface area contributed by atoms with E-state index in [2.05, 4.69) is 43.7 Å². The highest BCUT2D eigenvalue weighted by Gasteiger charge is 2.35. The molecule has 0 spiro atoms. The Morgan fingerprint density at radius 3 is 2.11 bits per heavy atom. The lowest BCUT2D eigenvalue weighted by atomic mass is 9.91. The fourth-order valence-corrected chi connectivity index (χ4v) is 4.70. The molecular weight excluding hydrogens is 444 g/mol. The molecule has 0 aromatic carbocycles. The Labute approximate surface area is 224 Å². The van der Waals surface area contributed by atoms with Crippen molar-refractivity contribution >= 4 is 6.02 Å². The SMILES string of the molecule is CCCCC=CC=COC1=NCCN1C(C)(CC)CC=C(O)CCCCCCCCCCCCCC. The first-order chi connectivity index (χ1) is 17.6. The summed E-state index contributed by atoms with van der Waals surface area (Å²) in [5, 5.41) is 10.5. The Morgan fingerprint density at radius 2 is 1.50 bits per heavy atom. The molecule has 0 fully saturated rings. The highest BCUT2D eigenvalue weighted by molar-refractivity contribution is 5.77. The smallest absolute Gasteiger partial charge is 0.292 e. The van der Waals surface area contributed by atoms with E-state index < -0.39 is 0 Å². The van der Waals surface area contributed by atoms with Crippen molar-refractivity contribution in [3.63, 3.8) is 0 Å². The van der Waals surface area contributed by atoms with Crippen LogP contribution in [0.5, 0.6) is 0 Å². The van der Waals surface area contributed by atoms with Gasteiger partial charge in [0.2, 0.25) is 0 Å². The number of aliphatic hydroxyl groups excluding tert-OH is 1. The maximum atomic E-state index is 10.5. The van der Waals surface area contributed by atoms with E-state index in [4.69, 9.17) is 4.74 Å². The zero-order valence-corrected chi connectivity index (χ0v) is 24.3. The summed E-state index contributed by atoms with van der Waals surface area (Å²) in [7, 11) is 0. The summed E-state index contributed by atoms with van der Waals surface area (Å²) in [5.41, 5.74) is -0.106. The van der Waals surface area contributed by atoms with Crippen molar-refractivity contribution < 1.29 is 9.84 Å². The van der Waals surface area contributed by atoms with Crippen LogP contribution in [-0.4, -0.2) is 34.7 Å². The molecule has 1 unspecified atom stereocenters. The fraction of sp³-hybridized carbons (Fsp3) is 0.781. The fourth-order valence-electron chi connectivity index (χ4n) is 4.70. The number of hydrogen-bond donors (Lipinski definition) is 1. The summed E-state index contributed by atoms with van der Waals surface area (Å²) in [5.74, 6) is 0.539. The number of allylic oxidation sites excluding steroid dienone is 4. The summed E-state index contributed by atoms with van der Waals surface area (Å²) in [6, 6.07) is 0.700. The summed E-state index contributed by atoms with van der Waals surface area (Å²) in [6.45, 7) is 10.6. The van der Waals surface area contributed by atoms with Gasteiger partial charge in [-0.25, -0.2) is 4.99 Å². The molecule has 36 heavy (non-hydrogen) atoms. The Hall–Kier alpha value is -1.71. The van der Waals surface area contributed by atoms with Gasteiger partial charge in [-0.3, -0.25) is 0 Å². The van der Waals surface area contributed by atoms with Crippen LogP contribution in [0.2, 0.25) is 0 Å². The number of ether oxygens (including phenoxy) is 1. The average Bonchev–Trinajstić information content (AvgIpc) is 3.37. The largest absolute Gasteiger partial charge is 0.513 e. The Bertz CT molecular complexity index is 653. The lowest BCUT2D eigenvalue weighted by Crippen LogP contribution is -2.48. The van der Waals surface area contributed by atoms with E-state index in [9.17, 15) is 5.11 Å². The van der Waals surface area contributed by atoms with Crippen LogP contribution in [0.25, 0.3) is 0 Å². The molecular formula is C32H58N2O2. The molecule has 0 saturated heterocycles. The van der Waals surface area contributed by atoms with E-state index in [1.54, 1.807) is 6.26 Å². The molecule has 1 N–H and O–H groups in total. The maximum absolute atomic E-state index is 10.5. The van der Waals surface area contributed by atoms with Crippen LogP contribution in [0.15, 0.2) is 41.3 Å². The van der Waals surface area contributed by atoms with Gasteiger partial charge in [0, 0.05) is 18.5 Å². The molecule has 0 radical (unpaired) electrons. The van der Waals surface area contributed by atoms with Crippen LogP contribution < -0.4 is 0 Å². The van der Waals surface area contributed by atoms with Gasteiger partial charge in [-0.15, -0.1) is 0 Å². The van der Waals surface area contributed by atoms with E-state index in [-0.39, 0.29) is 5.54 Å². The third-order valence-electron chi connectivity index (χ3n) is 7.50. The third-order valence-corrected chi connectivity index (χ3v) is 7.50. The van der Waals surface area contributed by atoms with Crippen LogP contribution >= 0.6 is 0 Å². The van der Waals surface area contributed by atoms with Gasteiger partial charge in [0.25, 0.3) is 6.02 Å². The lowest BCUT2D eigenvalue weighted by Gasteiger charge is -2.38. The van der Waals surface area contributed by atoms with Gasteiger partial charge in [0.05, 0.1) is 18.6 Å². The number of aliphatic hydroxyl groups is 1. The van der Waals surface area contributed by atoms with Crippen molar-refractivity contribution in [2.45, 2.75) is 149 Å². The second kappa shape index (κ2) is 21.4. The molecule has 0 aliphatic carbocycles. The van der Waals surface area contributed by atoms with E-state index in [0.717, 1.165) is 45.2 Å². The van der Waals surface area contributed by atoms with Crippen molar-refractivity contribution in [3.05, 3.63) is 36.3 Å². The van der Waals surface area contributed by atoms with Crippen molar-refractivity contribution in [1.29, 1.82) is 0 Å². The standard InChI is InChI=1S/C32H58N2O2/c1-5-8-10-12-14-15-16-17-18-19-20-22-24-30(35)25-26-32(4,7-3)34-28-27-33-31(34)36-29-23-21-13-11-9-6-2/h13,21,23,25,29,35H,5-12,14-20,22,24,26-28H2,1-4H3. The minimum absolute atomic E-state index is 0.106. The lowest BCUT2D eigenvalue weighted by molar-refractivity contribution is 0.169. The zero-order chi connectivity index (χ0) is 26.3. The van der Waals surface area contributed by atoms with Crippen LogP contribution in [0.1, 0.15) is 143 Å². The van der Waals surface area contributed by atoms with E-state index in [1.807, 2.05) is 18.2 Å². The number of amidine groups is 1. The van der Waals surface area contributed by atoms with Gasteiger partial charge >= 0.3 is 0 Å².